The van der Waals surface area contributed by atoms with Crippen molar-refractivity contribution < 1.29 is 0 Å². The van der Waals surface area contributed by atoms with Crippen LogP contribution >= 0.6 is 23.1 Å². The fourth-order valence-electron chi connectivity index (χ4n) is 3.41. The predicted octanol–water partition coefficient (Wildman–Crippen LogP) is 5.17. The molecule has 2 N–H and O–H groups in total. The Balaban J connectivity index is 1.29. The number of nitrogens with zero attached hydrogens (tertiary/aromatic N) is 1. The van der Waals surface area contributed by atoms with Crippen LogP contribution in [0.15, 0.2) is 48.0 Å². The van der Waals surface area contributed by atoms with E-state index in [0.29, 0.717) is 6.04 Å². The zero-order chi connectivity index (χ0) is 17.8. The maximum atomic E-state index is 9.10. The summed E-state index contributed by atoms with van der Waals surface area (Å²) in [5, 5.41) is 16.1. The van der Waals surface area contributed by atoms with Gasteiger partial charge in [0.15, 0.2) is 0 Å². The van der Waals surface area contributed by atoms with E-state index in [1.54, 1.807) is 0 Å². The van der Waals surface area contributed by atoms with Gasteiger partial charge in [-0.3, -0.25) is 0 Å². The highest BCUT2D eigenvalue weighted by atomic mass is 32.2. The third kappa shape index (κ3) is 3.88. The summed E-state index contributed by atoms with van der Waals surface area (Å²) in [6.07, 6.45) is 6.71. The van der Waals surface area contributed by atoms with Gasteiger partial charge in [0.05, 0.1) is 11.6 Å². The minimum atomic E-state index is 0.567. The van der Waals surface area contributed by atoms with Crippen LogP contribution in [0.2, 0.25) is 0 Å². The van der Waals surface area contributed by atoms with E-state index in [1.165, 1.54) is 27.8 Å². The zero-order valence-corrected chi connectivity index (χ0v) is 16.1. The second kappa shape index (κ2) is 8.13. The Morgan fingerprint density at radius 2 is 2.27 bits per heavy atom. The van der Waals surface area contributed by atoms with Gasteiger partial charge in [-0.1, -0.05) is 12.1 Å². The lowest BCUT2D eigenvalue weighted by Gasteiger charge is -2.23. The van der Waals surface area contributed by atoms with Gasteiger partial charge in [-0.15, -0.1) is 11.3 Å². The predicted molar refractivity (Wildman–Crippen MR) is 112 cm³/mol. The Hall–Kier alpha value is -2.00. The second-order valence-electron chi connectivity index (χ2n) is 6.54. The zero-order valence-electron chi connectivity index (χ0n) is 14.5. The highest BCUT2D eigenvalue weighted by Crippen LogP contribution is 2.28. The highest BCUT2D eigenvalue weighted by Gasteiger charge is 2.16. The van der Waals surface area contributed by atoms with E-state index in [2.05, 4.69) is 46.2 Å². The third-order valence-electron chi connectivity index (χ3n) is 4.82. The largest absolute Gasteiger partial charge is 0.361 e. The molecule has 1 unspecified atom stereocenters. The van der Waals surface area contributed by atoms with E-state index in [-0.39, 0.29) is 0 Å². The van der Waals surface area contributed by atoms with Crippen LogP contribution in [0.4, 0.5) is 0 Å². The van der Waals surface area contributed by atoms with E-state index in [0.717, 1.165) is 35.6 Å². The lowest BCUT2D eigenvalue weighted by Crippen LogP contribution is -2.33. The van der Waals surface area contributed by atoms with Gasteiger partial charge >= 0.3 is 0 Å². The monoisotopic (exact) mass is 379 g/mol. The highest BCUT2D eigenvalue weighted by molar-refractivity contribution is 7.98. The van der Waals surface area contributed by atoms with Crippen molar-refractivity contribution in [3.05, 3.63) is 64.0 Å². The van der Waals surface area contributed by atoms with Crippen molar-refractivity contribution in [1.29, 1.82) is 5.26 Å². The summed E-state index contributed by atoms with van der Waals surface area (Å²) in [5.41, 5.74) is 4.62. The van der Waals surface area contributed by atoms with Gasteiger partial charge in [0, 0.05) is 40.3 Å². The lowest BCUT2D eigenvalue weighted by molar-refractivity contribution is 0.525. The number of thiophene rings is 1. The Labute approximate surface area is 162 Å². The summed E-state index contributed by atoms with van der Waals surface area (Å²) >= 11 is 3.81. The molecule has 26 heavy (non-hydrogen) atoms. The van der Waals surface area contributed by atoms with Crippen LogP contribution in [0.3, 0.4) is 0 Å². The first-order valence-electron chi connectivity index (χ1n) is 8.87. The van der Waals surface area contributed by atoms with E-state index >= 15 is 0 Å². The van der Waals surface area contributed by atoms with Gasteiger partial charge < -0.3 is 10.3 Å². The quantitative estimate of drug-likeness (QED) is 0.581. The molecule has 1 aliphatic heterocycles. The normalized spacial score (nSPS) is 17.2. The molecule has 1 atom stereocenters. The van der Waals surface area contributed by atoms with E-state index in [1.807, 2.05) is 41.3 Å². The van der Waals surface area contributed by atoms with Crippen molar-refractivity contribution in [3.8, 4) is 6.07 Å². The van der Waals surface area contributed by atoms with E-state index in [9.17, 15) is 0 Å². The molecule has 0 aliphatic carbocycles. The van der Waals surface area contributed by atoms with Crippen LogP contribution in [-0.4, -0.2) is 23.3 Å². The molecule has 1 aromatic carbocycles. The molecule has 132 valence electrons. The van der Waals surface area contributed by atoms with Gasteiger partial charge in [-0.2, -0.15) is 17.0 Å². The molecular weight excluding hydrogens is 358 g/mol. The second-order valence-corrected chi connectivity index (χ2v) is 8.60. The minimum absolute atomic E-state index is 0.567. The smallest absolute Gasteiger partial charge is 0.0991 e. The Bertz CT molecular complexity index is 947. The number of fused-ring (bicyclic) bond motifs is 1. The Morgan fingerprint density at radius 1 is 1.31 bits per heavy atom. The fourth-order valence-corrected chi connectivity index (χ4v) is 5.24. The maximum absolute atomic E-state index is 9.10. The van der Waals surface area contributed by atoms with Crippen LogP contribution in [0, 0.1) is 11.3 Å². The molecule has 0 saturated carbocycles. The summed E-state index contributed by atoms with van der Waals surface area (Å²) in [6.45, 7) is 0.974. The molecule has 0 saturated heterocycles. The number of nitriles is 1. The first kappa shape index (κ1) is 17.4. The van der Waals surface area contributed by atoms with Crippen molar-refractivity contribution in [3.63, 3.8) is 0 Å². The number of benzene rings is 1. The van der Waals surface area contributed by atoms with Gasteiger partial charge in [0.1, 0.15) is 0 Å². The lowest BCUT2D eigenvalue weighted by atomic mass is 9.99. The van der Waals surface area contributed by atoms with E-state index < -0.39 is 0 Å². The summed E-state index contributed by atoms with van der Waals surface area (Å²) in [4.78, 5) is 4.72. The number of H-pyrrole nitrogens is 1. The van der Waals surface area contributed by atoms with Gasteiger partial charge in [0.25, 0.3) is 0 Å². The number of aromatic nitrogens is 1. The molecule has 0 fully saturated rings. The average molecular weight is 380 g/mol. The van der Waals surface area contributed by atoms with Crippen LogP contribution in [-0.2, 0) is 5.75 Å². The standard InChI is InChI=1S/C21H21N3S2/c22-12-15-3-4-20-19(10-15)17(13-24-20)14-25-9-6-18-11-16(5-7-23-18)21-2-1-8-26-21/h1-5,8,10,13,18,23-24H,6-7,9,11,14H2. The number of rotatable bonds is 6. The Kier molecular flexibility index (Phi) is 5.45. The number of hydrogen-bond acceptors (Lipinski definition) is 4. The maximum Gasteiger partial charge on any atom is 0.0991 e. The summed E-state index contributed by atoms with van der Waals surface area (Å²) < 4.78 is 0. The summed E-state index contributed by atoms with van der Waals surface area (Å²) in [5.74, 6) is 2.12. The Morgan fingerprint density at radius 3 is 3.12 bits per heavy atom. The first-order valence-corrected chi connectivity index (χ1v) is 10.9. The van der Waals surface area contributed by atoms with Crippen molar-refractivity contribution in [2.24, 2.45) is 0 Å². The van der Waals surface area contributed by atoms with Crippen LogP contribution in [0.25, 0.3) is 16.5 Å². The molecule has 1 aliphatic rings. The first-order chi connectivity index (χ1) is 12.8. The van der Waals surface area contributed by atoms with Crippen molar-refractivity contribution in [2.75, 3.05) is 12.3 Å². The van der Waals surface area contributed by atoms with E-state index in [4.69, 9.17) is 5.26 Å². The summed E-state index contributed by atoms with van der Waals surface area (Å²) in [6, 6.07) is 13.0. The minimum Gasteiger partial charge on any atom is -0.361 e. The molecule has 2 aromatic heterocycles. The molecule has 5 heteroatoms. The molecule has 0 radical (unpaired) electrons. The fraction of sp³-hybridized carbons (Fsp3) is 0.286. The average Bonchev–Trinajstić information content (AvgIpc) is 3.35. The van der Waals surface area contributed by atoms with Crippen molar-refractivity contribution in [2.45, 2.75) is 24.6 Å². The molecule has 0 bridgehead atoms. The van der Waals surface area contributed by atoms with Gasteiger partial charge in [0.2, 0.25) is 0 Å². The number of aromatic amines is 1. The van der Waals surface area contributed by atoms with Gasteiger partial charge in [-0.05, 0) is 59.4 Å². The van der Waals surface area contributed by atoms with Gasteiger partial charge in [-0.25, -0.2) is 0 Å². The number of hydrogen-bond donors (Lipinski definition) is 2. The third-order valence-corrected chi connectivity index (χ3v) is 6.81. The number of thioether (sulfide) groups is 1. The molecule has 0 amide bonds. The van der Waals surface area contributed by atoms with Crippen LogP contribution < -0.4 is 5.32 Å². The van der Waals surface area contributed by atoms with Crippen LogP contribution in [0.1, 0.15) is 28.8 Å². The SMILES string of the molecule is N#Cc1ccc2[nH]cc(CSCCC3CC(c4cccs4)=CCN3)c2c1. The van der Waals surface area contributed by atoms with Crippen molar-refractivity contribution in [1.82, 2.24) is 10.3 Å². The van der Waals surface area contributed by atoms with Crippen molar-refractivity contribution >= 4 is 39.6 Å². The molecule has 4 rings (SSSR count). The molecule has 3 heterocycles. The van der Waals surface area contributed by atoms with Crippen LogP contribution in [0.5, 0.6) is 0 Å². The molecular formula is C21H21N3S2. The summed E-state index contributed by atoms with van der Waals surface area (Å²) in [7, 11) is 0. The molecule has 3 aromatic rings. The molecule has 0 spiro atoms. The number of nitrogens with one attached hydrogen (secondary N) is 2. The topological polar surface area (TPSA) is 51.6 Å². The molecule has 3 nitrogen and oxygen atoms in total.